The van der Waals surface area contributed by atoms with Crippen LogP contribution in [0.3, 0.4) is 0 Å². The average Bonchev–Trinajstić information content (AvgIpc) is 2.98. The molecule has 2 saturated heterocycles. The van der Waals surface area contributed by atoms with Gasteiger partial charge in [0.1, 0.15) is 11.5 Å². The van der Waals surface area contributed by atoms with Crippen molar-refractivity contribution in [1.82, 2.24) is 24.2 Å². The Kier molecular flexibility index (Phi) is 5.80. The number of aromatic nitrogens is 3. The van der Waals surface area contributed by atoms with Gasteiger partial charge in [-0.1, -0.05) is 12.1 Å². The Balaban J connectivity index is 1.30. The second-order valence-electron chi connectivity index (χ2n) is 10.2. The molecule has 3 aromatic rings. The van der Waals surface area contributed by atoms with Gasteiger partial charge in [0.05, 0.1) is 17.4 Å². The normalized spacial score (nSPS) is 24.8. The minimum atomic E-state index is 0.433. The predicted molar refractivity (Wildman–Crippen MR) is 133 cm³/mol. The van der Waals surface area contributed by atoms with Crippen molar-refractivity contribution in [3.05, 3.63) is 59.7 Å². The molecule has 2 unspecified atom stereocenters. The fourth-order valence-electron chi connectivity index (χ4n) is 6.37. The summed E-state index contributed by atoms with van der Waals surface area (Å²) >= 11 is 0. The van der Waals surface area contributed by atoms with Crippen LogP contribution in [0.25, 0.3) is 5.65 Å². The van der Waals surface area contributed by atoms with Gasteiger partial charge in [0, 0.05) is 38.6 Å². The summed E-state index contributed by atoms with van der Waals surface area (Å²) in [6.07, 6.45) is 11.9. The highest BCUT2D eigenvalue weighted by Gasteiger charge is 2.36. The molecular formula is C27H36N6. The second-order valence-corrected chi connectivity index (χ2v) is 10.2. The number of piperidine rings is 1. The van der Waals surface area contributed by atoms with Gasteiger partial charge in [-0.25, -0.2) is 4.98 Å². The topological polar surface area (TPSA) is 39.9 Å². The summed E-state index contributed by atoms with van der Waals surface area (Å²) < 4.78 is 2.32. The van der Waals surface area contributed by atoms with Crippen molar-refractivity contribution >= 4 is 11.5 Å². The SMILES string of the molecule is CN1CCCN(c2cccc3nc(CN4CCCC5CCCc6cccnc6C54)cn23)CC1. The van der Waals surface area contributed by atoms with Gasteiger partial charge in [-0.3, -0.25) is 14.3 Å². The first-order valence-electron chi connectivity index (χ1n) is 12.8. The fourth-order valence-corrected chi connectivity index (χ4v) is 6.37. The third-order valence-electron chi connectivity index (χ3n) is 8.02. The van der Waals surface area contributed by atoms with Crippen LogP contribution in [-0.2, 0) is 13.0 Å². The summed E-state index contributed by atoms with van der Waals surface area (Å²) in [6.45, 7) is 6.50. The molecule has 0 N–H and O–H groups in total. The Hall–Kier alpha value is -2.44. The number of hydrogen-bond donors (Lipinski definition) is 0. The maximum absolute atomic E-state index is 5.08. The van der Waals surface area contributed by atoms with Crippen LogP contribution >= 0.6 is 0 Å². The largest absolute Gasteiger partial charge is 0.356 e. The van der Waals surface area contributed by atoms with Gasteiger partial charge < -0.3 is 9.80 Å². The van der Waals surface area contributed by atoms with Crippen LogP contribution in [0, 0.1) is 5.92 Å². The molecule has 174 valence electrons. The maximum atomic E-state index is 5.08. The molecule has 5 heterocycles. The molecule has 0 amide bonds. The standard InChI is InChI=1S/C27H36N6/c1-30-14-6-16-31(18-17-30)25-12-3-11-24-29-23(20-33(24)25)19-32-15-5-10-22-8-2-7-21-9-4-13-28-26(21)27(22)32/h3-4,9,11-13,20,22,27H,2,5-8,10,14-19H2,1H3. The Bertz CT molecular complexity index is 1110. The molecule has 0 radical (unpaired) electrons. The summed E-state index contributed by atoms with van der Waals surface area (Å²) in [5.41, 5.74) is 5.03. The van der Waals surface area contributed by atoms with Crippen molar-refractivity contribution in [2.75, 3.05) is 44.7 Å². The van der Waals surface area contributed by atoms with Crippen LogP contribution < -0.4 is 4.90 Å². The number of likely N-dealkylation sites (N-methyl/N-ethyl adjacent to an activating group) is 1. The highest BCUT2D eigenvalue weighted by Crippen LogP contribution is 2.42. The van der Waals surface area contributed by atoms with Gasteiger partial charge in [0.15, 0.2) is 0 Å². The second kappa shape index (κ2) is 9.07. The Morgan fingerprint density at radius 2 is 1.88 bits per heavy atom. The Morgan fingerprint density at radius 3 is 2.85 bits per heavy atom. The van der Waals surface area contributed by atoms with E-state index in [2.05, 4.69) is 62.7 Å². The number of nitrogens with zero attached hydrogens (tertiary/aromatic N) is 6. The van der Waals surface area contributed by atoms with Gasteiger partial charge in [0.25, 0.3) is 0 Å². The maximum Gasteiger partial charge on any atom is 0.138 e. The first-order valence-corrected chi connectivity index (χ1v) is 12.8. The zero-order valence-corrected chi connectivity index (χ0v) is 19.9. The molecule has 0 bridgehead atoms. The lowest BCUT2D eigenvalue weighted by molar-refractivity contribution is 0.0780. The quantitative estimate of drug-likeness (QED) is 0.607. The summed E-state index contributed by atoms with van der Waals surface area (Å²) in [7, 11) is 2.23. The minimum absolute atomic E-state index is 0.433. The molecule has 0 spiro atoms. The molecule has 0 saturated carbocycles. The molecule has 6 rings (SSSR count). The monoisotopic (exact) mass is 444 g/mol. The van der Waals surface area contributed by atoms with Gasteiger partial charge in [0.2, 0.25) is 0 Å². The zero-order chi connectivity index (χ0) is 22.2. The first-order chi connectivity index (χ1) is 16.3. The van der Waals surface area contributed by atoms with E-state index in [9.17, 15) is 0 Å². The molecule has 2 atom stereocenters. The lowest BCUT2D eigenvalue weighted by Crippen LogP contribution is -2.38. The highest BCUT2D eigenvalue weighted by molar-refractivity contribution is 5.52. The number of pyridine rings is 2. The lowest BCUT2D eigenvalue weighted by Gasteiger charge is -2.40. The van der Waals surface area contributed by atoms with Crippen molar-refractivity contribution in [2.45, 2.75) is 51.1 Å². The molecule has 0 aromatic carbocycles. The van der Waals surface area contributed by atoms with E-state index in [0.717, 1.165) is 44.3 Å². The van der Waals surface area contributed by atoms with Crippen LogP contribution in [0.1, 0.15) is 55.1 Å². The highest BCUT2D eigenvalue weighted by atomic mass is 15.3. The van der Waals surface area contributed by atoms with Crippen molar-refractivity contribution in [1.29, 1.82) is 0 Å². The third-order valence-corrected chi connectivity index (χ3v) is 8.02. The smallest absolute Gasteiger partial charge is 0.138 e. The van der Waals surface area contributed by atoms with Gasteiger partial charge in [-0.2, -0.15) is 0 Å². The Labute approximate surface area is 197 Å². The summed E-state index contributed by atoms with van der Waals surface area (Å²) in [5, 5.41) is 0. The van der Waals surface area contributed by atoms with Crippen molar-refractivity contribution in [3.63, 3.8) is 0 Å². The van der Waals surface area contributed by atoms with E-state index in [1.165, 1.54) is 67.8 Å². The molecular weight excluding hydrogens is 408 g/mol. The van der Waals surface area contributed by atoms with E-state index in [1.807, 2.05) is 6.20 Å². The van der Waals surface area contributed by atoms with Crippen LogP contribution in [-0.4, -0.2) is 63.9 Å². The van der Waals surface area contributed by atoms with Crippen molar-refractivity contribution in [3.8, 4) is 0 Å². The molecule has 33 heavy (non-hydrogen) atoms. The van der Waals surface area contributed by atoms with Crippen LogP contribution in [0.5, 0.6) is 0 Å². The van der Waals surface area contributed by atoms with E-state index < -0.39 is 0 Å². The van der Waals surface area contributed by atoms with Gasteiger partial charge in [-0.15, -0.1) is 0 Å². The number of aryl methyl sites for hydroxylation is 1. The first kappa shape index (κ1) is 21.1. The minimum Gasteiger partial charge on any atom is -0.356 e. The van der Waals surface area contributed by atoms with E-state index in [0.29, 0.717) is 6.04 Å². The fraction of sp³-hybridized carbons (Fsp3) is 0.556. The molecule has 3 aliphatic rings. The summed E-state index contributed by atoms with van der Waals surface area (Å²) in [4.78, 5) is 17.6. The number of imidazole rings is 1. The number of fused-ring (bicyclic) bond motifs is 4. The van der Waals surface area contributed by atoms with E-state index >= 15 is 0 Å². The van der Waals surface area contributed by atoms with Crippen LogP contribution in [0.4, 0.5) is 5.82 Å². The predicted octanol–water partition coefficient (Wildman–Crippen LogP) is 4.16. The summed E-state index contributed by atoms with van der Waals surface area (Å²) in [5.74, 6) is 2.00. The van der Waals surface area contributed by atoms with Crippen LogP contribution in [0.15, 0.2) is 42.7 Å². The zero-order valence-electron chi connectivity index (χ0n) is 19.9. The molecule has 6 heteroatoms. The summed E-state index contributed by atoms with van der Waals surface area (Å²) in [6, 6.07) is 11.4. The van der Waals surface area contributed by atoms with Crippen molar-refractivity contribution in [2.24, 2.45) is 5.92 Å². The van der Waals surface area contributed by atoms with E-state index in [1.54, 1.807) is 0 Å². The van der Waals surface area contributed by atoms with Gasteiger partial charge >= 0.3 is 0 Å². The average molecular weight is 445 g/mol. The molecule has 1 aliphatic carbocycles. The number of anilines is 1. The van der Waals surface area contributed by atoms with Crippen LogP contribution in [0.2, 0.25) is 0 Å². The van der Waals surface area contributed by atoms with Gasteiger partial charge in [-0.05, 0) is 88.3 Å². The molecule has 2 aliphatic heterocycles. The number of likely N-dealkylation sites (tertiary alicyclic amines) is 1. The number of hydrogen-bond acceptors (Lipinski definition) is 5. The molecule has 3 aromatic heterocycles. The van der Waals surface area contributed by atoms with Crippen molar-refractivity contribution < 1.29 is 0 Å². The Morgan fingerprint density at radius 1 is 0.939 bits per heavy atom. The van der Waals surface area contributed by atoms with E-state index in [4.69, 9.17) is 9.97 Å². The molecule has 2 fully saturated rings. The number of rotatable bonds is 3. The third kappa shape index (κ3) is 4.15. The molecule has 6 nitrogen and oxygen atoms in total. The lowest BCUT2D eigenvalue weighted by atomic mass is 9.85. The van der Waals surface area contributed by atoms with E-state index in [-0.39, 0.29) is 0 Å².